The van der Waals surface area contributed by atoms with Crippen molar-refractivity contribution < 1.29 is 14.3 Å². The predicted molar refractivity (Wildman–Crippen MR) is 71.6 cm³/mol. The summed E-state index contributed by atoms with van der Waals surface area (Å²) in [5, 5.41) is 9.08. The number of rotatable bonds is 6. The lowest BCUT2D eigenvalue weighted by Gasteiger charge is -2.12. The molecule has 0 radical (unpaired) electrons. The molecular formula is C12H15N3O3S. The lowest BCUT2D eigenvalue weighted by Crippen LogP contribution is -2.18. The van der Waals surface area contributed by atoms with Crippen LogP contribution >= 0.6 is 11.3 Å². The summed E-state index contributed by atoms with van der Waals surface area (Å²) in [6.45, 7) is 3.80. The minimum absolute atomic E-state index is 0.0538. The third kappa shape index (κ3) is 3.76. The number of carbonyl (C=O) groups excluding carboxylic acids is 2. The van der Waals surface area contributed by atoms with E-state index in [1.165, 1.54) is 6.92 Å². The fraction of sp³-hybridized carbons (Fsp3) is 0.500. The zero-order chi connectivity index (χ0) is 14.4. The SMILES string of the molecule is CCOC(=O)c1nc(N(C)CCC#N)sc1C(C)=O. The molecule has 0 atom stereocenters. The summed E-state index contributed by atoms with van der Waals surface area (Å²) in [6.07, 6.45) is 0.347. The van der Waals surface area contributed by atoms with Crippen molar-refractivity contribution in [1.29, 1.82) is 5.26 Å². The van der Waals surface area contributed by atoms with Crippen LogP contribution in [0.3, 0.4) is 0 Å². The fourth-order valence-corrected chi connectivity index (χ4v) is 2.30. The Kier molecular flexibility index (Phi) is 5.45. The van der Waals surface area contributed by atoms with Crippen molar-refractivity contribution >= 4 is 28.2 Å². The molecule has 1 heterocycles. The Labute approximate surface area is 115 Å². The number of hydrogen-bond donors (Lipinski definition) is 0. The Morgan fingerprint density at radius 2 is 2.21 bits per heavy atom. The van der Waals surface area contributed by atoms with E-state index in [4.69, 9.17) is 10.00 Å². The largest absolute Gasteiger partial charge is 0.461 e. The van der Waals surface area contributed by atoms with Gasteiger partial charge in [0.25, 0.3) is 0 Å². The van der Waals surface area contributed by atoms with Crippen LogP contribution in [-0.4, -0.2) is 36.9 Å². The Morgan fingerprint density at radius 1 is 1.53 bits per heavy atom. The maximum absolute atomic E-state index is 11.7. The first-order valence-corrected chi connectivity index (χ1v) is 6.59. The Balaban J connectivity index is 3.04. The van der Waals surface area contributed by atoms with Crippen LogP contribution < -0.4 is 4.90 Å². The monoisotopic (exact) mass is 281 g/mol. The highest BCUT2D eigenvalue weighted by Crippen LogP contribution is 2.26. The van der Waals surface area contributed by atoms with E-state index in [2.05, 4.69) is 4.98 Å². The third-order valence-corrected chi connectivity index (χ3v) is 3.56. The first-order chi connectivity index (χ1) is 9.01. The van der Waals surface area contributed by atoms with Crippen LogP contribution in [0.25, 0.3) is 0 Å². The molecule has 19 heavy (non-hydrogen) atoms. The van der Waals surface area contributed by atoms with Crippen molar-refractivity contribution in [2.75, 3.05) is 25.1 Å². The van der Waals surface area contributed by atoms with E-state index in [9.17, 15) is 9.59 Å². The molecule has 0 unspecified atom stereocenters. The fourth-order valence-electron chi connectivity index (χ4n) is 1.36. The van der Waals surface area contributed by atoms with E-state index in [-0.39, 0.29) is 23.0 Å². The van der Waals surface area contributed by atoms with Gasteiger partial charge in [0.05, 0.1) is 19.1 Å². The number of ether oxygens (including phenoxy) is 1. The summed E-state index contributed by atoms with van der Waals surface area (Å²) in [5.74, 6) is -0.815. The van der Waals surface area contributed by atoms with Gasteiger partial charge in [-0.3, -0.25) is 4.79 Å². The van der Waals surface area contributed by atoms with E-state index in [1.54, 1.807) is 18.9 Å². The topological polar surface area (TPSA) is 83.3 Å². The van der Waals surface area contributed by atoms with E-state index in [0.29, 0.717) is 18.1 Å². The number of carbonyl (C=O) groups is 2. The molecule has 0 aliphatic carbocycles. The minimum Gasteiger partial charge on any atom is -0.461 e. The van der Waals surface area contributed by atoms with Crippen molar-refractivity contribution in [2.24, 2.45) is 0 Å². The standard InChI is InChI=1S/C12H15N3O3S/c1-4-18-11(17)9-10(8(2)16)19-12(14-9)15(3)7-5-6-13/h4-5,7H2,1-3H3. The summed E-state index contributed by atoms with van der Waals surface area (Å²) in [5.41, 5.74) is 0.0538. The second-order valence-corrected chi connectivity index (χ2v) is 4.76. The maximum Gasteiger partial charge on any atom is 0.358 e. The molecule has 1 aromatic heterocycles. The highest BCUT2D eigenvalue weighted by atomic mass is 32.1. The molecule has 1 aromatic rings. The molecule has 0 spiro atoms. The predicted octanol–water partition coefficient (Wildman–Crippen LogP) is 1.87. The van der Waals surface area contributed by atoms with Gasteiger partial charge in [0, 0.05) is 20.5 Å². The van der Waals surface area contributed by atoms with Gasteiger partial charge in [-0.1, -0.05) is 11.3 Å². The maximum atomic E-state index is 11.7. The molecular weight excluding hydrogens is 266 g/mol. The molecule has 0 amide bonds. The Bertz CT molecular complexity index is 519. The van der Waals surface area contributed by atoms with E-state index in [1.807, 2.05) is 6.07 Å². The number of Topliss-reactive ketones (excluding diaryl/α,β-unsaturated/α-hetero) is 1. The third-order valence-electron chi connectivity index (χ3n) is 2.29. The molecule has 0 saturated heterocycles. The quantitative estimate of drug-likeness (QED) is 0.584. The van der Waals surface area contributed by atoms with Crippen molar-refractivity contribution in [3.63, 3.8) is 0 Å². The van der Waals surface area contributed by atoms with Gasteiger partial charge in [0.15, 0.2) is 16.6 Å². The Hall–Kier alpha value is -1.94. The summed E-state index contributed by atoms with van der Waals surface area (Å²) < 4.78 is 4.88. The van der Waals surface area contributed by atoms with Crippen LogP contribution in [0.5, 0.6) is 0 Å². The molecule has 102 valence electrons. The van der Waals surface area contributed by atoms with Gasteiger partial charge < -0.3 is 9.64 Å². The first kappa shape index (κ1) is 15.1. The lowest BCUT2D eigenvalue weighted by molar-refractivity contribution is 0.0517. The number of anilines is 1. The summed E-state index contributed by atoms with van der Waals surface area (Å²) in [7, 11) is 1.76. The molecule has 1 rings (SSSR count). The average Bonchev–Trinajstić information content (AvgIpc) is 2.81. The van der Waals surface area contributed by atoms with E-state index < -0.39 is 5.97 Å². The number of esters is 1. The minimum atomic E-state index is -0.594. The van der Waals surface area contributed by atoms with Gasteiger partial charge in [-0.15, -0.1) is 0 Å². The van der Waals surface area contributed by atoms with Crippen molar-refractivity contribution in [3.8, 4) is 6.07 Å². The average molecular weight is 281 g/mol. The number of nitrogens with zero attached hydrogens (tertiary/aromatic N) is 3. The van der Waals surface area contributed by atoms with Crippen molar-refractivity contribution in [2.45, 2.75) is 20.3 Å². The van der Waals surface area contributed by atoms with Gasteiger partial charge in [0.2, 0.25) is 0 Å². The molecule has 7 heteroatoms. The molecule has 0 N–H and O–H groups in total. The van der Waals surface area contributed by atoms with Gasteiger partial charge in [-0.05, 0) is 6.92 Å². The van der Waals surface area contributed by atoms with Gasteiger partial charge in [-0.25, -0.2) is 9.78 Å². The van der Waals surface area contributed by atoms with E-state index in [0.717, 1.165) is 11.3 Å². The Morgan fingerprint density at radius 3 is 2.74 bits per heavy atom. The first-order valence-electron chi connectivity index (χ1n) is 5.78. The summed E-state index contributed by atoms with van der Waals surface area (Å²) >= 11 is 1.14. The second-order valence-electron chi connectivity index (χ2n) is 3.78. The highest BCUT2D eigenvalue weighted by molar-refractivity contribution is 7.17. The lowest BCUT2D eigenvalue weighted by atomic mass is 10.3. The van der Waals surface area contributed by atoms with Gasteiger partial charge in [-0.2, -0.15) is 5.26 Å². The molecule has 0 aromatic carbocycles. The number of hydrogen-bond acceptors (Lipinski definition) is 7. The summed E-state index contributed by atoms with van der Waals surface area (Å²) in [6, 6.07) is 2.03. The molecule has 6 nitrogen and oxygen atoms in total. The highest BCUT2D eigenvalue weighted by Gasteiger charge is 2.23. The molecule has 0 aliphatic heterocycles. The molecule has 0 fully saturated rings. The van der Waals surface area contributed by atoms with Crippen LogP contribution in [0.2, 0.25) is 0 Å². The van der Waals surface area contributed by atoms with Crippen molar-refractivity contribution in [3.05, 3.63) is 10.6 Å². The van der Waals surface area contributed by atoms with Crippen LogP contribution in [0, 0.1) is 11.3 Å². The number of thiazole rings is 1. The van der Waals surface area contributed by atoms with Gasteiger partial charge >= 0.3 is 5.97 Å². The zero-order valence-electron chi connectivity index (χ0n) is 11.1. The van der Waals surface area contributed by atoms with Crippen LogP contribution in [0.4, 0.5) is 5.13 Å². The van der Waals surface area contributed by atoms with Crippen LogP contribution in [0.1, 0.15) is 40.4 Å². The van der Waals surface area contributed by atoms with Crippen LogP contribution in [-0.2, 0) is 4.74 Å². The number of nitriles is 1. The normalized spacial score (nSPS) is 9.79. The smallest absolute Gasteiger partial charge is 0.358 e. The number of ketones is 1. The summed E-state index contributed by atoms with van der Waals surface area (Å²) in [4.78, 5) is 29.4. The molecule has 0 saturated carbocycles. The molecule has 0 aliphatic rings. The van der Waals surface area contributed by atoms with Crippen molar-refractivity contribution in [1.82, 2.24) is 4.98 Å². The zero-order valence-corrected chi connectivity index (χ0v) is 11.9. The molecule has 0 bridgehead atoms. The van der Waals surface area contributed by atoms with E-state index >= 15 is 0 Å². The second kappa shape index (κ2) is 6.85. The number of aromatic nitrogens is 1. The van der Waals surface area contributed by atoms with Crippen LogP contribution in [0.15, 0.2) is 0 Å². The van der Waals surface area contributed by atoms with Gasteiger partial charge in [0.1, 0.15) is 4.88 Å².